The molecule has 0 saturated heterocycles. The zero-order valence-electron chi connectivity index (χ0n) is 14.6. The summed E-state index contributed by atoms with van der Waals surface area (Å²) in [4.78, 5) is 7.79. The van der Waals surface area contributed by atoms with Gasteiger partial charge in [0.1, 0.15) is 12.1 Å². The lowest BCUT2D eigenvalue weighted by atomic mass is 10.1. The summed E-state index contributed by atoms with van der Waals surface area (Å²) in [5.41, 5.74) is 6.95. The highest BCUT2D eigenvalue weighted by Gasteiger charge is 2.18. The van der Waals surface area contributed by atoms with Gasteiger partial charge in [0, 0.05) is 34.7 Å². The number of anilines is 1. The first-order chi connectivity index (χ1) is 14.0. The van der Waals surface area contributed by atoms with Crippen LogP contribution in [0.5, 0.6) is 11.5 Å². The Hall–Kier alpha value is -3.23. The van der Waals surface area contributed by atoms with E-state index in [-0.39, 0.29) is 40.3 Å². The van der Waals surface area contributed by atoms with Crippen molar-refractivity contribution in [3.05, 3.63) is 76.4 Å². The van der Waals surface area contributed by atoms with Gasteiger partial charge < -0.3 is 14.9 Å². The predicted octanol–water partition coefficient (Wildman–Crippen LogP) is 4.94. The molecular weight excluding hydrogens is 420 g/mol. The summed E-state index contributed by atoms with van der Waals surface area (Å²) >= 11 is 12.1. The minimum atomic E-state index is -0.654. The van der Waals surface area contributed by atoms with E-state index in [9.17, 15) is 0 Å². The molecule has 0 radical (unpaired) electrons. The van der Waals surface area contributed by atoms with Gasteiger partial charge >= 0.3 is 0 Å². The molecule has 2 aromatic heterocycles. The van der Waals surface area contributed by atoms with Crippen molar-refractivity contribution in [2.24, 2.45) is 0 Å². The summed E-state index contributed by atoms with van der Waals surface area (Å²) in [6.45, 7) is 0. The molecule has 0 aliphatic carbocycles. The van der Waals surface area contributed by atoms with Gasteiger partial charge in [-0.05, 0) is 18.2 Å². The number of ether oxygens (including phenoxy) is 1. The molecule has 4 aromatic rings. The van der Waals surface area contributed by atoms with Crippen LogP contribution in [0.25, 0.3) is 11.5 Å². The monoisotopic (exact) mass is 431 g/mol. The third-order valence-electron chi connectivity index (χ3n) is 3.86. The SMILES string of the molecule is Nc1cc(Cl)cc(Oc2c(Cl)ccc(Cc3nnc(-c4cncnc4)o3)c2F)c1. The number of rotatable bonds is 5. The molecule has 0 atom stereocenters. The molecule has 29 heavy (non-hydrogen) atoms. The lowest BCUT2D eigenvalue weighted by Crippen LogP contribution is -1.98. The van der Waals surface area contributed by atoms with E-state index in [0.717, 1.165) is 0 Å². The molecule has 0 spiro atoms. The maximum Gasteiger partial charge on any atom is 0.250 e. The number of nitrogen functional groups attached to an aromatic ring is 1. The topological polar surface area (TPSA) is 100.0 Å². The van der Waals surface area contributed by atoms with Crippen LogP contribution in [0.2, 0.25) is 10.0 Å². The molecule has 2 N–H and O–H groups in total. The summed E-state index contributed by atoms with van der Waals surface area (Å²) < 4.78 is 26.2. The van der Waals surface area contributed by atoms with Crippen molar-refractivity contribution >= 4 is 28.9 Å². The zero-order chi connectivity index (χ0) is 20.4. The molecule has 2 heterocycles. The van der Waals surface area contributed by atoms with Crippen molar-refractivity contribution in [3.8, 4) is 23.0 Å². The number of aromatic nitrogens is 4. The second kappa shape index (κ2) is 8.02. The average molecular weight is 432 g/mol. The summed E-state index contributed by atoms with van der Waals surface area (Å²) in [6.07, 6.45) is 4.50. The molecule has 10 heteroatoms. The van der Waals surface area contributed by atoms with Gasteiger partial charge in [0.25, 0.3) is 5.89 Å². The first-order valence-corrected chi connectivity index (χ1v) is 9.04. The van der Waals surface area contributed by atoms with Gasteiger partial charge in [0.2, 0.25) is 5.89 Å². The molecule has 0 aliphatic rings. The van der Waals surface area contributed by atoms with E-state index in [1.807, 2.05) is 0 Å². The van der Waals surface area contributed by atoms with Gasteiger partial charge in [-0.1, -0.05) is 29.3 Å². The minimum Gasteiger partial charge on any atom is -0.453 e. The molecule has 0 bridgehead atoms. The van der Waals surface area contributed by atoms with E-state index < -0.39 is 5.82 Å². The highest BCUT2D eigenvalue weighted by atomic mass is 35.5. The van der Waals surface area contributed by atoms with E-state index in [2.05, 4.69) is 20.2 Å². The van der Waals surface area contributed by atoms with Crippen molar-refractivity contribution < 1.29 is 13.5 Å². The average Bonchev–Trinajstić information content (AvgIpc) is 3.16. The van der Waals surface area contributed by atoms with Crippen LogP contribution < -0.4 is 10.5 Å². The van der Waals surface area contributed by atoms with Crippen molar-refractivity contribution in [2.75, 3.05) is 5.73 Å². The van der Waals surface area contributed by atoms with Crippen LogP contribution in [0.3, 0.4) is 0 Å². The van der Waals surface area contributed by atoms with Crippen molar-refractivity contribution in [1.82, 2.24) is 20.2 Å². The number of halogens is 3. The van der Waals surface area contributed by atoms with E-state index >= 15 is 4.39 Å². The summed E-state index contributed by atoms with van der Waals surface area (Å²) in [5.74, 6) is -0.0955. The van der Waals surface area contributed by atoms with Crippen molar-refractivity contribution in [3.63, 3.8) is 0 Å². The van der Waals surface area contributed by atoms with Crippen LogP contribution in [0.4, 0.5) is 10.1 Å². The maximum atomic E-state index is 15.1. The smallest absolute Gasteiger partial charge is 0.250 e. The van der Waals surface area contributed by atoms with Gasteiger partial charge in [-0.3, -0.25) is 0 Å². The van der Waals surface area contributed by atoms with Crippen molar-refractivity contribution in [1.29, 1.82) is 0 Å². The lowest BCUT2D eigenvalue weighted by Gasteiger charge is -2.12. The fourth-order valence-electron chi connectivity index (χ4n) is 2.58. The Bertz CT molecular complexity index is 1150. The second-order valence-electron chi connectivity index (χ2n) is 5.98. The first-order valence-electron chi connectivity index (χ1n) is 8.28. The van der Waals surface area contributed by atoms with E-state index in [1.165, 1.54) is 43.0 Å². The Morgan fingerprint density at radius 3 is 2.62 bits per heavy atom. The number of hydrogen-bond donors (Lipinski definition) is 1. The second-order valence-corrected chi connectivity index (χ2v) is 6.82. The maximum absolute atomic E-state index is 15.1. The Morgan fingerprint density at radius 2 is 1.86 bits per heavy atom. The molecule has 2 aromatic carbocycles. The van der Waals surface area contributed by atoms with E-state index in [4.69, 9.17) is 38.1 Å². The molecule has 146 valence electrons. The fourth-order valence-corrected chi connectivity index (χ4v) is 3.00. The van der Waals surface area contributed by atoms with Gasteiger partial charge in [-0.2, -0.15) is 0 Å². The molecule has 0 saturated carbocycles. The van der Waals surface area contributed by atoms with E-state index in [0.29, 0.717) is 16.3 Å². The Balaban J connectivity index is 1.61. The fraction of sp³-hybridized carbons (Fsp3) is 0.0526. The number of hydrogen-bond acceptors (Lipinski definition) is 7. The van der Waals surface area contributed by atoms with Crippen LogP contribution in [0.15, 0.2) is 53.5 Å². The largest absolute Gasteiger partial charge is 0.453 e. The third kappa shape index (κ3) is 4.28. The van der Waals surface area contributed by atoms with Crippen LogP contribution in [-0.2, 0) is 6.42 Å². The normalized spacial score (nSPS) is 10.9. The molecule has 0 amide bonds. The Kier molecular flexibility index (Phi) is 5.28. The standard InChI is InChI=1S/C19H12Cl2FN5O2/c20-12-4-13(23)6-14(5-12)28-18-15(21)2-1-10(17(18)22)3-16-26-27-19(29-16)11-7-24-9-25-8-11/h1-2,4-9H,3,23H2. The van der Waals surface area contributed by atoms with Crippen LogP contribution in [0.1, 0.15) is 11.5 Å². The number of nitrogens with zero attached hydrogens (tertiary/aromatic N) is 4. The highest BCUT2D eigenvalue weighted by Crippen LogP contribution is 2.36. The van der Waals surface area contributed by atoms with Gasteiger partial charge in [0.15, 0.2) is 11.6 Å². The summed E-state index contributed by atoms with van der Waals surface area (Å²) in [6, 6.07) is 7.61. The predicted molar refractivity (Wildman–Crippen MR) is 105 cm³/mol. The molecule has 4 rings (SSSR count). The molecule has 0 aliphatic heterocycles. The molecular formula is C19H12Cl2FN5O2. The van der Waals surface area contributed by atoms with Gasteiger partial charge in [-0.25, -0.2) is 14.4 Å². The number of benzene rings is 2. The summed E-state index contributed by atoms with van der Waals surface area (Å²) in [5, 5.41) is 8.33. The Labute approximate surface area is 174 Å². The Morgan fingerprint density at radius 1 is 1.07 bits per heavy atom. The van der Waals surface area contributed by atoms with Crippen LogP contribution in [0, 0.1) is 5.82 Å². The highest BCUT2D eigenvalue weighted by molar-refractivity contribution is 6.32. The van der Waals surface area contributed by atoms with Crippen LogP contribution in [-0.4, -0.2) is 20.2 Å². The molecule has 0 fully saturated rings. The van der Waals surface area contributed by atoms with Gasteiger partial charge in [0.05, 0.1) is 17.0 Å². The van der Waals surface area contributed by atoms with Gasteiger partial charge in [-0.15, -0.1) is 10.2 Å². The molecule has 0 unspecified atom stereocenters. The quantitative estimate of drug-likeness (QED) is 0.446. The van der Waals surface area contributed by atoms with E-state index in [1.54, 1.807) is 6.07 Å². The number of nitrogens with two attached hydrogens (primary N) is 1. The van der Waals surface area contributed by atoms with Crippen molar-refractivity contribution in [2.45, 2.75) is 6.42 Å². The minimum absolute atomic E-state index is 0.0394. The summed E-state index contributed by atoms with van der Waals surface area (Å²) in [7, 11) is 0. The van der Waals surface area contributed by atoms with Crippen LogP contribution >= 0.6 is 23.2 Å². The third-order valence-corrected chi connectivity index (χ3v) is 4.37. The lowest BCUT2D eigenvalue weighted by molar-refractivity contribution is 0.437. The zero-order valence-corrected chi connectivity index (χ0v) is 16.2. The molecule has 7 nitrogen and oxygen atoms in total. The first kappa shape index (κ1) is 19.1.